The van der Waals surface area contributed by atoms with Crippen molar-refractivity contribution in [2.24, 2.45) is 17.8 Å². The molecule has 0 radical (unpaired) electrons. The molecule has 1 aliphatic rings. The number of aldehydes is 2. The molecule has 0 heterocycles. The lowest BCUT2D eigenvalue weighted by molar-refractivity contribution is -0.128. The zero-order valence-corrected chi connectivity index (χ0v) is 7.03. The van der Waals surface area contributed by atoms with Gasteiger partial charge in [-0.3, -0.25) is 4.79 Å². The average molecular weight is 168 g/mol. The molecule has 1 fully saturated rings. The van der Waals surface area contributed by atoms with Crippen molar-refractivity contribution in [1.82, 2.24) is 0 Å². The Labute approximate surface area is 71.1 Å². The van der Waals surface area contributed by atoms with Crippen LogP contribution in [0.4, 0.5) is 0 Å². The smallest absolute Gasteiger partial charge is 0.134 e. The standard InChI is InChI=1S/C9H12O3/c1-6(12)9-7(4-10)2-3-8(9)5-11/h4-5,7-9H,2-3H2,1H3. The van der Waals surface area contributed by atoms with Crippen molar-refractivity contribution in [3.8, 4) is 0 Å². The van der Waals surface area contributed by atoms with E-state index in [2.05, 4.69) is 0 Å². The number of Topliss-reactive ketones (excluding diaryl/α,β-unsaturated/α-hetero) is 1. The summed E-state index contributed by atoms with van der Waals surface area (Å²) >= 11 is 0. The van der Waals surface area contributed by atoms with Crippen molar-refractivity contribution in [1.29, 1.82) is 0 Å². The first-order valence-corrected chi connectivity index (χ1v) is 4.11. The predicted molar refractivity (Wildman–Crippen MR) is 42.5 cm³/mol. The van der Waals surface area contributed by atoms with Gasteiger partial charge >= 0.3 is 0 Å². The van der Waals surface area contributed by atoms with E-state index in [0.717, 1.165) is 12.6 Å². The van der Waals surface area contributed by atoms with Crippen LogP contribution in [0.3, 0.4) is 0 Å². The molecule has 2 atom stereocenters. The fourth-order valence-corrected chi connectivity index (χ4v) is 1.97. The first kappa shape index (κ1) is 9.10. The third kappa shape index (κ3) is 1.44. The van der Waals surface area contributed by atoms with Crippen LogP contribution in [0.1, 0.15) is 19.8 Å². The molecule has 66 valence electrons. The molecule has 0 saturated heterocycles. The summed E-state index contributed by atoms with van der Waals surface area (Å²) in [6, 6.07) is 0. The van der Waals surface area contributed by atoms with Gasteiger partial charge in [0.05, 0.1) is 0 Å². The molecular formula is C9H12O3. The van der Waals surface area contributed by atoms with Gasteiger partial charge in [-0.1, -0.05) is 0 Å². The number of ketones is 1. The van der Waals surface area contributed by atoms with Crippen LogP contribution in [0.25, 0.3) is 0 Å². The van der Waals surface area contributed by atoms with Crippen LogP contribution in [0, 0.1) is 17.8 Å². The lowest BCUT2D eigenvalue weighted by atomic mass is 9.88. The molecule has 0 aromatic heterocycles. The van der Waals surface area contributed by atoms with Crippen LogP contribution in [-0.4, -0.2) is 18.4 Å². The predicted octanol–water partition coefficient (Wildman–Crippen LogP) is 0.616. The maximum atomic E-state index is 11.1. The highest BCUT2D eigenvalue weighted by Crippen LogP contribution is 2.35. The summed E-state index contributed by atoms with van der Waals surface area (Å²) in [5.74, 6) is -0.836. The Morgan fingerprint density at radius 1 is 1.17 bits per heavy atom. The minimum absolute atomic E-state index is 0.0401. The third-order valence-electron chi connectivity index (χ3n) is 2.57. The monoisotopic (exact) mass is 168 g/mol. The van der Waals surface area contributed by atoms with Gasteiger partial charge in [-0.15, -0.1) is 0 Å². The summed E-state index contributed by atoms with van der Waals surface area (Å²) in [4.78, 5) is 32.1. The van der Waals surface area contributed by atoms with Crippen molar-refractivity contribution in [2.45, 2.75) is 19.8 Å². The van der Waals surface area contributed by atoms with E-state index in [1.54, 1.807) is 0 Å². The topological polar surface area (TPSA) is 51.2 Å². The third-order valence-corrected chi connectivity index (χ3v) is 2.57. The number of hydrogen-bond donors (Lipinski definition) is 0. The molecule has 0 bridgehead atoms. The SMILES string of the molecule is CC(=O)C1C(C=O)CCC1C=O. The van der Waals surface area contributed by atoms with Crippen LogP contribution >= 0.6 is 0 Å². The fourth-order valence-electron chi connectivity index (χ4n) is 1.97. The largest absolute Gasteiger partial charge is 0.303 e. The summed E-state index contributed by atoms with van der Waals surface area (Å²) in [6.07, 6.45) is 2.96. The molecule has 12 heavy (non-hydrogen) atoms. The molecule has 0 aliphatic heterocycles. The number of rotatable bonds is 3. The lowest BCUT2D eigenvalue weighted by Crippen LogP contribution is -2.24. The summed E-state index contributed by atoms with van der Waals surface area (Å²) in [7, 11) is 0. The van der Waals surface area contributed by atoms with Gasteiger partial charge < -0.3 is 9.59 Å². The van der Waals surface area contributed by atoms with Gasteiger partial charge in [-0.05, 0) is 19.8 Å². The first-order chi connectivity index (χ1) is 5.70. The normalized spacial score (nSPS) is 34.6. The second-order valence-corrected chi connectivity index (χ2v) is 3.31. The van der Waals surface area contributed by atoms with E-state index in [9.17, 15) is 14.4 Å². The molecule has 1 saturated carbocycles. The Bertz CT molecular complexity index is 194. The van der Waals surface area contributed by atoms with E-state index >= 15 is 0 Å². The molecular weight excluding hydrogens is 156 g/mol. The zero-order valence-electron chi connectivity index (χ0n) is 7.03. The number of carbonyl (C=O) groups excluding carboxylic acids is 3. The summed E-state index contributed by atoms with van der Waals surface area (Å²) in [6.45, 7) is 1.45. The lowest BCUT2D eigenvalue weighted by Gasteiger charge is -2.13. The highest BCUT2D eigenvalue weighted by molar-refractivity contribution is 5.85. The Kier molecular flexibility index (Phi) is 2.74. The Balaban J connectivity index is 2.78. The van der Waals surface area contributed by atoms with Crippen molar-refractivity contribution in [3.05, 3.63) is 0 Å². The van der Waals surface area contributed by atoms with Crippen LogP contribution in [0.2, 0.25) is 0 Å². The van der Waals surface area contributed by atoms with Gasteiger partial charge in [0.2, 0.25) is 0 Å². The molecule has 0 spiro atoms. The molecule has 0 aromatic carbocycles. The molecule has 2 unspecified atom stereocenters. The minimum atomic E-state index is -0.347. The van der Waals surface area contributed by atoms with Crippen LogP contribution in [0.5, 0.6) is 0 Å². The van der Waals surface area contributed by atoms with Gasteiger partial charge in [0.25, 0.3) is 0 Å². The molecule has 3 nitrogen and oxygen atoms in total. The van der Waals surface area contributed by atoms with E-state index < -0.39 is 0 Å². The Morgan fingerprint density at radius 2 is 1.58 bits per heavy atom. The molecule has 1 aliphatic carbocycles. The van der Waals surface area contributed by atoms with E-state index in [0.29, 0.717) is 12.8 Å². The van der Waals surface area contributed by atoms with Gasteiger partial charge in [0.15, 0.2) is 0 Å². The van der Waals surface area contributed by atoms with Gasteiger partial charge in [-0.2, -0.15) is 0 Å². The molecule has 3 heteroatoms. The summed E-state index contributed by atoms with van der Waals surface area (Å²) in [5, 5.41) is 0. The van der Waals surface area contributed by atoms with Crippen molar-refractivity contribution in [3.63, 3.8) is 0 Å². The minimum Gasteiger partial charge on any atom is -0.303 e. The first-order valence-electron chi connectivity index (χ1n) is 4.11. The summed E-state index contributed by atoms with van der Waals surface area (Å²) < 4.78 is 0. The molecule has 0 aromatic rings. The fraction of sp³-hybridized carbons (Fsp3) is 0.667. The molecule has 1 rings (SSSR count). The maximum Gasteiger partial charge on any atom is 0.134 e. The van der Waals surface area contributed by atoms with Gasteiger partial charge in [0, 0.05) is 17.8 Å². The van der Waals surface area contributed by atoms with E-state index in [1.807, 2.05) is 0 Å². The summed E-state index contributed by atoms with van der Waals surface area (Å²) in [5.41, 5.74) is 0. The maximum absolute atomic E-state index is 11.1. The Hall–Kier alpha value is -0.990. The second kappa shape index (κ2) is 3.61. The Morgan fingerprint density at radius 3 is 1.83 bits per heavy atom. The van der Waals surface area contributed by atoms with E-state index in [1.165, 1.54) is 6.92 Å². The number of hydrogen-bond acceptors (Lipinski definition) is 3. The van der Waals surface area contributed by atoms with E-state index in [-0.39, 0.29) is 23.5 Å². The quantitative estimate of drug-likeness (QED) is 0.580. The van der Waals surface area contributed by atoms with Gasteiger partial charge in [0.1, 0.15) is 18.4 Å². The second-order valence-electron chi connectivity index (χ2n) is 3.31. The molecule has 0 N–H and O–H groups in total. The van der Waals surface area contributed by atoms with Crippen molar-refractivity contribution in [2.75, 3.05) is 0 Å². The highest BCUT2D eigenvalue weighted by atomic mass is 16.1. The van der Waals surface area contributed by atoms with Crippen LogP contribution < -0.4 is 0 Å². The van der Waals surface area contributed by atoms with Crippen molar-refractivity contribution < 1.29 is 14.4 Å². The number of carbonyl (C=O) groups is 3. The molecule has 0 amide bonds. The zero-order chi connectivity index (χ0) is 9.14. The highest BCUT2D eigenvalue weighted by Gasteiger charge is 2.38. The van der Waals surface area contributed by atoms with Crippen molar-refractivity contribution >= 4 is 18.4 Å². The average Bonchev–Trinajstić information content (AvgIpc) is 2.46. The van der Waals surface area contributed by atoms with E-state index in [4.69, 9.17) is 0 Å². The van der Waals surface area contributed by atoms with Gasteiger partial charge in [-0.25, -0.2) is 0 Å². The van der Waals surface area contributed by atoms with Crippen LogP contribution in [0.15, 0.2) is 0 Å². The van der Waals surface area contributed by atoms with Crippen LogP contribution in [-0.2, 0) is 14.4 Å².